The summed E-state index contributed by atoms with van der Waals surface area (Å²) in [6.07, 6.45) is 0. The molecule has 21 heavy (non-hydrogen) atoms. The van der Waals surface area contributed by atoms with Crippen molar-refractivity contribution in [3.8, 4) is 0 Å². The minimum absolute atomic E-state index is 0.0604. The molecule has 1 aromatic carbocycles. The van der Waals surface area contributed by atoms with E-state index in [1.54, 1.807) is 26.0 Å². The highest BCUT2D eigenvalue weighted by molar-refractivity contribution is 7.91. The molecule has 0 saturated carbocycles. The number of rotatable bonds is 5. The maximum atomic E-state index is 12.1. The molecule has 0 aliphatic rings. The second kappa shape index (κ2) is 5.57. The molecule has 1 aromatic heterocycles. The first kappa shape index (κ1) is 15.0. The van der Waals surface area contributed by atoms with Crippen molar-refractivity contribution in [3.05, 3.63) is 46.8 Å². The highest BCUT2D eigenvalue weighted by Crippen LogP contribution is 2.22. The number of sulfonamides is 1. The van der Waals surface area contributed by atoms with Gasteiger partial charge < -0.3 is 9.63 Å². The highest BCUT2D eigenvalue weighted by Gasteiger charge is 2.20. The van der Waals surface area contributed by atoms with Crippen molar-refractivity contribution in [1.82, 2.24) is 5.16 Å². The molecule has 0 unspecified atom stereocenters. The minimum atomic E-state index is -3.79. The molecule has 0 amide bonds. The van der Waals surface area contributed by atoms with Gasteiger partial charge in [0.25, 0.3) is 0 Å². The van der Waals surface area contributed by atoms with E-state index in [-0.39, 0.29) is 16.9 Å². The molecule has 0 fully saturated rings. The second-order valence-corrected chi connectivity index (χ2v) is 6.31. The lowest BCUT2D eigenvalue weighted by Gasteiger charge is -2.12. The predicted octanol–water partition coefficient (Wildman–Crippen LogP) is 1.93. The molecule has 0 saturated heterocycles. The van der Waals surface area contributed by atoms with Crippen LogP contribution in [0, 0.1) is 13.8 Å². The maximum absolute atomic E-state index is 12.1. The van der Waals surface area contributed by atoms with Crippen molar-refractivity contribution >= 4 is 21.7 Å². The van der Waals surface area contributed by atoms with E-state index in [1.165, 1.54) is 12.1 Å². The van der Waals surface area contributed by atoms with Crippen LogP contribution in [0.2, 0.25) is 0 Å². The number of hydrogen-bond acceptors (Lipinski definition) is 5. The molecule has 2 rings (SSSR count). The fraction of sp³-hybridized carbons (Fsp3) is 0.231. The van der Waals surface area contributed by atoms with Gasteiger partial charge in [0, 0.05) is 6.07 Å². The SMILES string of the molecule is Cc1cc(CS(=O)(=O)Nc2c(C)cccc2C(=O)O)no1. The summed E-state index contributed by atoms with van der Waals surface area (Å²) >= 11 is 0. The molecule has 0 radical (unpaired) electrons. The van der Waals surface area contributed by atoms with E-state index in [1.807, 2.05) is 0 Å². The van der Waals surface area contributed by atoms with Crippen molar-refractivity contribution < 1.29 is 22.8 Å². The lowest BCUT2D eigenvalue weighted by Crippen LogP contribution is -2.18. The molecule has 1 heterocycles. The van der Waals surface area contributed by atoms with Gasteiger partial charge in [-0.3, -0.25) is 4.72 Å². The number of aryl methyl sites for hydroxylation is 2. The average Bonchev–Trinajstić information content (AvgIpc) is 2.75. The van der Waals surface area contributed by atoms with Gasteiger partial charge in [-0.05, 0) is 25.5 Å². The Morgan fingerprint density at radius 3 is 2.67 bits per heavy atom. The molecular formula is C13H14N2O5S. The molecule has 7 nitrogen and oxygen atoms in total. The normalized spacial score (nSPS) is 11.3. The fourth-order valence-electron chi connectivity index (χ4n) is 1.85. The number of carboxylic acid groups (broad SMARTS) is 1. The number of nitrogens with one attached hydrogen (secondary N) is 1. The van der Waals surface area contributed by atoms with Crippen LogP contribution in [0.25, 0.3) is 0 Å². The predicted molar refractivity (Wildman–Crippen MR) is 75.6 cm³/mol. The number of aromatic carboxylic acids is 1. The first-order valence-electron chi connectivity index (χ1n) is 6.04. The average molecular weight is 310 g/mol. The number of hydrogen-bond donors (Lipinski definition) is 2. The van der Waals surface area contributed by atoms with E-state index in [0.29, 0.717) is 11.3 Å². The Hall–Kier alpha value is -2.35. The van der Waals surface area contributed by atoms with Crippen LogP contribution in [-0.2, 0) is 15.8 Å². The van der Waals surface area contributed by atoms with Crippen molar-refractivity contribution in [2.24, 2.45) is 0 Å². The van der Waals surface area contributed by atoms with Gasteiger partial charge >= 0.3 is 5.97 Å². The summed E-state index contributed by atoms with van der Waals surface area (Å²) in [6, 6.07) is 6.03. The number of benzene rings is 1. The molecule has 8 heteroatoms. The fourth-order valence-corrected chi connectivity index (χ4v) is 3.03. The topological polar surface area (TPSA) is 110 Å². The van der Waals surface area contributed by atoms with E-state index in [2.05, 4.69) is 9.88 Å². The lowest BCUT2D eigenvalue weighted by molar-refractivity contribution is 0.0698. The van der Waals surface area contributed by atoms with Crippen molar-refractivity contribution in [2.75, 3.05) is 4.72 Å². The third-order valence-electron chi connectivity index (χ3n) is 2.78. The van der Waals surface area contributed by atoms with Gasteiger partial charge in [-0.2, -0.15) is 0 Å². The van der Waals surface area contributed by atoms with Crippen LogP contribution in [0.15, 0.2) is 28.8 Å². The molecule has 0 aliphatic heterocycles. The van der Waals surface area contributed by atoms with Crippen molar-refractivity contribution in [2.45, 2.75) is 19.6 Å². The van der Waals surface area contributed by atoms with Crippen LogP contribution < -0.4 is 4.72 Å². The molecule has 0 bridgehead atoms. The molecular weight excluding hydrogens is 296 g/mol. The van der Waals surface area contributed by atoms with E-state index >= 15 is 0 Å². The molecule has 2 N–H and O–H groups in total. The van der Waals surface area contributed by atoms with E-state index in [4.69, 9.17) is 9.63 Å². The third kappa shape index (κ3) is 3.60. The quantitative estimate of drug-likeness (QED) is 0.873. The zero-order valence-corrected chi connectivity index (χ0v) is 12.3. The molecule has 112 valence electrons. The number of nitrogens with zero attached hydrogens (tertiary/aromatic N) is 1. The second-order valence-electron chi connectivity index (χ2n) is 4.59. The van der Waals surface area contributed by atoms with Crippen LogP contribution in [0.5, 0.6) is 0 Å². The van der Waals surface area contributed by atoms with Gasteiger partial charge in [-0.1, -0.05) is 17.3 Å². The number of anilines is 1. The van der Waals surface area contributed by atoms with Gasteiger partial charge in [-0.15, -0.1) is 0 Å². The lowest BCUT2D eigenvalue weighted by atomic mass is 10.1. The standard InChI is InChI=1S/C13H14N2O5S/c1-8-4-3-5-11(13(16)17)12(8)15-21(18,19)7-10-6-9(2)20-14-10/h3-6,15H,7H2,1-2H3,(H,16,17). The summed E-state index contributed by atoms with van der Waals surface area (Å²) in [5, 5.41) is 12.7. The van der Waals surface area contributed by atoms with Crippen LogP contribution in [-0.4, -0.2) is 24.7 Å². The van der Waals surface area contributed by atoms with Crippen LogP contribution in [0.4, 0.5) is 5.69 Å². The summed E-state index contributed by atoms with van der Waals surface area (Å²) in [4.78, 5) is 11.2. The Morgan fingerprint density at radius 1 is 1.38 bits per heavy atom. The Labute approximate surface area is 121 Å². The molecule has 0 spiro atoms. The summed E-state index contributed by atoms with van der Waals surface area (Å²) < 4.78 is 31.4. The summed E-state index contributed by atoms with van der Waals surface area (Å²) in [7, 11) is -3.79. The Balaban J connectivity index is 2.30. The van der Waals surface area contributed by atoms with Gasteiger partial charge in [0.2, 0.25) is 10.0 Å². The van der Waals surface area contributed by atoms with Crippen LogP contribution in [0.1, 0.15) is 27.4 Å². The maximum Gasteiger partial charge on any atom is 0.337 e. The monoisotopic (exact) mass is 310 g/mol. The smallest absolute Gasteiger partial charge is 0.337 e. The van der Waals surface area contributed by atoms with Crippen molar-refractivity contribution in [3.63, 3.8) is 0 Å². The van der Waals surface area contributed by atoms with E-state index in [0.717, 1.165) is 0 Å². The van der Waals surface area contributed by atoms with Crippen molar-refractivity contribution in [1.29, 1.82) is 0 Å². The first-order valence-corrected chi connectivity index (χ1v) is 7.69. The molecule has 0 atom stereocenters. The van der Waals surface area contributed by atoms with E-state index < -0.39 is 21.7 Å². The van der Waals surface area contributed by atoms with Gasteiger partial charge in [0.15, 0.2) is 0 Å². The summed E-state index contributed by atoms with van der Waals surface area (Å²) in [5.41, 5.74) is 0.736. The Morgan fingerprint density at radius 2 is 2.10 bits per heavy atom. The number of carbonyl (C=O) groups is 1. The van der Waals surface area contributed by atoms with E-state index in [9.17, 15) is 13.2 Å². The Kier molecular flexibility index (Phi) is 3.99. The molecule has 0 aliphatic carbocycles. The number of para-hydroxylation sites is 1. The van der Waals surface area contributed by atoms with Crippen LogP contribution >= 0.6 is 0 Å². The zero-order chi connectivity index (χ0) is 15.6. The first-order chi connectivity index (χ1) is 9.78. The van der Waals surface area contributed by atoms with Gasteiger partial charge in [-0.25, -0.2) is 13.2 Å². The van der Waals surface area contributed by atoms with Crippen LogP contribution in [0.3, 0.4) is 0 Å². The largest absolute Gasteiger partial charge is 0.478 e. The zero-order valence-electron chi connectivity index (χ0n) is 11.5. The molecule has 2 aromatic rings. The highest BCUT2D eigenvalue weighted by atomic mass is 32.2. The Bertz CT molecular complexity index is 780. The van der Waals surface area contributed by atoms with Gasteiger partial charge in [0.1, 0.15) is 17.2 Å². The summed E-state index contributed by atoms with van der Waals surface area (Å²) in [5.74, 6) is -1.09. The number of carboxylic acids is 1. The minimum Gasteiger partial charge on any atom is -0.478 e. The number of aromatic nitrogens is 1. The summed E-state index contributed by atoms with van der Waals surface area (Å²) in [6.45, 7) is 3.28. The third-order valence-corrected chi connectivity index (χ3v) is 3.97. The van der Waals surface area contributed by atoms with Gasteiger partial charge in [0.05, 0.1) is 11.3 Å².